The SMILES string of the molecule is COc1ccc(CN(CCNc2nonc2-c2noc(=O)n2-c2ccc(F)c(Br)c2)S(=O)(=O)N(Cc2ccc(OC)cc2)C(=O)OC(C)(C)C)cc1. The minimum absolute atomic E-state index is 0.00717. The van der Waals surface area contributed by atoms with E-state index in [9.17, 15) is 22.4 Å². The number of ether oxygens (including phenoxy) is 3. The molecule has 0 aliphatic heterocycles. The Labute approximate surface area is 306 Å². The molecule has 1 amide bonds. The van der Waals surface area contributed by atoms with Gasteiger partial charge in [0.25, 0.3) is 0 Å². The molecule has 0 spiro atoms. The van der Waals surface area contributed by atoms with Crippen molar-refractivity contribution in [2.75, 3.05) is 32.6 Å². The van der Waals surface area contributed by atoms with Gasteiger partial charge in [0.1, 0.15) is 22.9 Å². The summed E-state index contributed by atoms with van der Waals surface area (Å²) in [6.07, 6.45) is -1.07. The Hall–Kier alpha value is -5.27. The Morgan fingerprint density at radius 1 is 0.942 bits per heavy atom. The zero-order valence-electron chi connectivity index (χ0n) is 28.7. The molecule has 16 nitrogen and oxygen atoms in total. The maximum absolute atomic E-state index is 14.5. The standard InChI is InChI=1S/C33H35BrFN7O9S/c1-33(2,3)49-31(43)41(20-22-8-13-25(48-5)14-9-22)52(45,46)40(19-21-6-11-24(47-4)12-7-21)17-16-36-29-28(37-51-38-29)30-39-50-32(44)42(30)23-10-15-27(35)26(34)18-23/h6-15,18H,16-17,19-20H2,1-5H3,(H,36,38). The number of halogens is 2. The number of rotatable bonds is 14. The molecule has 0 atom stereocenters. The highest BCUT2D eigenvalue weighted by atomic mass is 79.9. The van der Waals surface area contributed by atoms with Crippen LogP contribution < -0.4 is 20.5 Å². The molecule has 0 bridgehead atoms. The van der Waals surface area contributed by atoms with Gasteiger partial charge in [-0.1, -0.05) is 29.4 Å². The van der Waals surface area contributed by atoms with Gasteiger partial charge in [-0.25, -0.2) is 23.2 Å². The third-order valence-corrected chi connectivity index (χ3v) is 9.73. The zero-order chi connectivity index (χ0) is 37.6. The topological polar surface area (TPSA) is 184 Å². The summed E-state index contributed by atoms with van der Waals surface area (Å²) in [6.45, 7) is 4.11. The van der Waals surface area contributed by atoms with Gasteiger partial charge in [-0.15, -0.1) is 0 Å². The van der Waals surface area contributed by atoms with Crippen molar-refractivity contribution in [3.63, 3.8) is 0 Å². The molecule has 0 unspecified atom stereocenters. The molecule has 276 valence electrons. The molecule has 0 saturated heterocycles. The van der Waals surface area contributed by atoms with Gasteiger partial charge in [0.05, 0.1) is 30.9 Å². The van der Waals surface area contributed by atoms with Crippen molar-refractivity contribution >= 4 is 38.1 Å². The molecule has 0 saturated carbocycles. The van der Waals surface area contributed by atoms with Crippen LogP contribution in [0.1, 0.15) is 31.9 Å². The number of hydrogen-bond donors (Lipinski definition) is 1. The lowest BCUT2D eigenvalue weighted by Gasteiger charge is -2.32. The fourth-order valence-corrected chi connectivity index (χ4v) is 6.62. The first-order valence-corrected chi connectivity index (χ1v) is 17.8. The second-order valence-corrected chi connectivity index (χ2v) is 14.8. The predicted molar refractivity (Wildman–Crippen MR) is 189 cm³/mol. The second kappa shape index (κ2) is 16.0. The van der Waals surface area contributed by atoms with Crippen LogP contribution in [0.5, 0.6) is 11.5 Å². The first kappa shape index (κ1) is 38.0. The molecule has 2 aromatic heterocycles. The summed E-state index contributed by atoms with van der Waals surface area (Å²) in [5.41, 5.74) is 0.252. The van der Waals surface area contributed by atoms with E-state index in [4.69, 9.17) is 23.4 Å². The van der Waals surface area contributed by atoms with E-state index in [1.165, 1.54) is 26.4 Å². The average Bonchev–Trinajstić information content (AvgIpc) is 3.73. The minimum Gasteiger partial charge on any atom is -0.497 e. The van der Waals surface area contributed by atoms with Gasteiger partial charge in [0, 0.05) is 19.6 Å². The Balaban J connectivity index is 1.45. The van der Waals surface area contributed by atoms with Crippen molar-refractivity contribution < 1.29 is 41.0 Å². The number of hydrogen-bond acceptors (Lipinski definition) is 13. The number of anilines is 1. The van der Waals surface area contributed by atoms with Gasteiger partial charge in [-0.3, -0.25) is 4.52 Å². The fourth-order valence-electron chi connectivity index (χ4n) is 4.80. The molecule has 5 aromatic rings. The summed E-state index contributed by atoms with van der Waals surface area (Å²) in [7, 11) is -1.57. The van der Waals surface area contributed by atoms with Crippen molar-refractivity contribution in [1.82, 2.24) is 28.6 Å². The fraction of sp³-hybridized carbons (Fsp3) is 0.303. The molecule has 0 fully saturated rings. The lowest BCUT2D eigenvalue weighted by molar-refractivity contribution is 0.0371. The Kier molecular flexibility index (Phi) is 11.7. The van der Waals surface area contributed by atoms with Crippen LogP contribution in [0.2, 0.25) is 0 Å². The van der Waals surface area contributed by atoms with E-state index in [2.05, 4.69) is 36.7 Å². The lowest BCUT2D eigenvalue weighted by atomic mass is 10.2. The Morgan fingerprint density at radius 2 is 1.56 bits per heavy atom. The monoisotopic (exact) mass is 803 g/mol. The summed E-state index contributed by atoms with van der Waals surface area (Å²) >= 11 is 3.10. The molecular formula is C33H35BrFN7O9S. The number of amides is 1. The first-order chi connectivity index (χ1) is 24.7. The van der Waals surface area contributed by atoms with Gasteiger partial charge in [0.2, 0.25) is 11.6 Å². The quantitative estimate of drug-likeness (QED) is 0.151. The van der Waals surface area contributed by atoms with E-state index in [-0.39, 0.29) is 53.7 Å². The molecule has 1 N–H and O–H groups in total. The van der Waals surface area contributed by atoms with Crippen LogP contribution in [0.15, 0.2) is 85.1 Å². The highest BCUT2D eigenvalue weighted by Gasteiger charge is 2.37. The van der Waals surface area contributed by atoms with Crippen LogP contribution in [0.3, 0.4) is 0 Å². The van der Waals surface area contributed by atoms with Crippen LogP contribution in [0, 0.1) is 5.82 Å². The summed E-state index contributed by atoms with van der Waals surface area (Å²) in [5.74, 6) is -0.447. The normalized spacial score (nSPS) is 11.8. The van der Waals surface area contributed by atoms with Crippen LogP contribution in [-0.4, -0.2) is 76.1 Å². The summed E-state index contributed by atoms with van der Waals surface area (Å²) in [6, 6.07) is 17.2. The van der Waals surface area contributed by atoms with E-state index in [1.54, 1.807) is 69.3 Å². The summed E-state index contributed by atoms with van der Waals surface area (Å²) in [5, 5.41) is 14.5. The van der Waals surface area contributed by atoms with Crippen LogP contribution in [0.25, 0.3) is 17.2 Å². The molecule has 0 aliphatic carbocycles. The number of nitrogens with zero attached hydrogens (tertiary/aromatic N) is 6. The molecule has 2 heterocycles. The van der Waals surface area contributed by atoms with E-state index in [0.717, 1.165) is 14.9 Å². The molecule has 3 aromatic carbocycles. The summed E-state index contributed by atoms with van der Waals surface area (Å²) in [4.78, 5) is 26.2. The zero-order valence-corrected chi connectivity index (χ0v) is 31.1. The Morgan fingerprint density at radius 3 is 2.13 bits per heavy atom. The number of benzene rings is 3. The first-order valence-electron chi connectivity index (χ1n) is 15.6. The number of nitrogens with one attached hydrogen (secondary N) is 1. The largest absolute Gasteiger partial charge is 0.497 e. The molecule has 19 heteroatoms. The van der Waals surface area contributed by atoms with Crippen molar-refractivity contribution in [2.45, 2.75) is 39.5 Å². The van der Waals surface area contributed by atoms with Crippen molar-refractivity contribution in [1.29, 1.82) is 0 Å². The maximum atomic E-state index is 14.5. The number of carbonyl (C=O) groups excluding carboxylic acids is 1. The highest BCUT2D eigenvalue weighted by molar-refractivity contribution is 9.10. The van der Waals surface area contributed by atoms with Gasteiger partial charge in [0.15, 0.2) is 5.69 Å². The smallest absolute Gasteiger partial charge is 0.446 e. The van der Waals surface area contributed by atoms with Gasteiger partial charge in [-0.05, 0) is 101 Å². The lowest BCUT2D eigenvalue weighted by Crippen LogP contribution is -2.48. The Bertz CT molecular complexity index is 2170. The van der Waals surface area contributed by atoms with E-state index in [0.29, 0.717) is 26.9 Å². The third kappa shape index (κ3) is 8.96. The van der Waals surface area contributed by atoms with Crippen molar-refractivity contribution in [2.24, 2.45) is 0 Å². The van der Waals surface area contributed by atoms with Crippen LogP contribution >= 0.6 is 15.9 Å². The van der Waals surface area contributed by atoms with E-state index in [1.807, 2.05) is 0 Å². The maximum Gasteiger partial charge on any atom is 0.446 e. The highest BCUT2D eigenvalue weighted by Crippen LogP contribution is 2.27. The third-order valence-electron chi connectivity index (χ3n) is 7.33. The molecular weight excluding hydrogens is 769 g/mol. The van der Waals surface area contributed by atoms with Gasteiger partial charge < -0.3 is 19.5 Å². The van der Waals surface area contributed by atoms with E-state index < -0.39 is 33.5 Å². The number of methoxy groups -OCH3 is 2. The van der Waals surface area contributed by atoms with Gasteiger partial charge >= 0.3 is 22.1 Å². The average molecular weight is 805 g/mol. The predicted octanol–water partition coefficient (Wildman–Crippen LogP) is 5.39. The van der Waals surface area contributed by atoms with Gasteiger partial charge in [-0.2, -0.15) is 17.0 Å². The van der Waals surface area contributed by atoms with Crippen molar-refractivity contribution in [3.8, 4) is 28.7 Å². The minimum atomic E-state index is -4.59. The van der Waals surface area contributed by atoms with Crippen LogP contribution in [-0.2, 0) is 28.0 Å². The number of aromatic nitrogens is 4. The summed E-state index contributed by atoms with van der Waals surface area (Å²) < 4.78 is 71.6. The molecule has 52 heavy (non-hydrogen) atoms. The van der Waals surface area contributed by atoms with Crippen LogP contribution in [0.4, 0.5) is 15.0 Å². The van der Waals surface area contributed by atoms with E-state index >= 15 is 0 Å². The second-order valence-electron chi connectivity index (χ2n) is 12.1. The molecule has 0 aliphatic rings. The molecule has 5 rings (SSSR count). The molecule has 0 radical (unpaired) electrons. The van der Waals surface area contributed by atoms with Crippen molar-refractivity contribution in [3.05, 3.63) is 98.7 Å². The number of carbonyl (C=O) groups is 1.